The fourth-order valence-electron chi connectivity index (χ4n) is 6.38. The second kappa shape index (κ2) is 21.4. The number of β-amino-alcohol motifs (C(OH)–C–C–N with tert-alkyl or cyclic N) is 4. The summed E-state index contributed by atoms with van der Waals surface area (Å²) >= 11 is 0. The van der Waals surface area contributed by atoms with Crippen LogP contribution >= 0.6 is 0 Å². The van der Waals surface area contributed by atoms with E-state index in [1.54, 1.807) is 0 Å². The Labute approximate surface area is 291 Å². The first-order valence-corrected chi connectivity index (χ1v) is 17.7. The number of nitrogens with one attached hydrogen (secondary N) is 2. The average Bonchev–Trinajstić information content (AvgIpc) is 3.10. The number of hydrogen-bond donors (Lipinski definition) is 7. The number of piperazine rings is 1. The number of aromatic nitrogens is 3. The minimum Gasteiger partial charge on any atom is -0.395 e. The third-order valence-electron chi connectivity index (χ3n) is 9.28. The number of aliphatic hydroxyl groups excluding tert-OH is 5. The van der Waals surface area contributed by atoms with Gasteiger partial charge in [0.15, 0.2) is 0 Å². The second-order valence-corrected chi connectivity index (χ2v) is 12.8. The molecule has 1 aromatic carbocycles. The molecule has 0 radical (unpaired) electrons. The maximum absolute atomic E-state index is 10.1. The van der Waals surface area contributed by atoms with Crippen molar-refractivity contribution >= 4 is 23.5 Å². The Bertz CT molecular complexity index is 1190. The van der Waals surface area contributed by atoms with E-state index in [4.69, 9.17) is 4.98 Å². The van der Waals surface area contributed by atoms with Crippen LogP contribution in [0.25, 0.3) is 0 Å². The normalized spacial score (nSPS) is 20.2. The first kappa shape index (κ1) is 39.0. The molecule has 0 spiro atoms. The summed E-state index contributed by atoms with van der Waals surface area (Å²) in [6, 6.07) is 8.31. The lowest BCUT2D eigenvalue weighted by molar-refractivity contribution is 0.0699. The molecule has 2 aliphatic heterocycles. The summed E-state index contributed by atoms with van der Waals surface area (Å²) in [6.07, 6.45) is 0.747. The Morgan fingerprint density at radius 1 is 0.633 bits per heavy atom. The lowest BCUT2D eigenvalue weighted by atomic mass is 10.0. The molecule has 0 amide bonds. The van der Waals surface area contributed by atoms with Gasteiger partial charge >= 0.3 is 0 Å². The molecule has 16 heteroatoms. The molecule has 2 aromatic rings. The van der Waals surface area contributed by atoms with E-state index < -0.39 is 0 Å². The van der Waals surface area contributed by atoms with Crippen molar-refractivity contribution in [2.75, 3.05) is 160 Å². The lowest BCUT2D eigenvalue weighted by Crippen LogP contribution is -2.52. The third-order valence-corrected chi connectivity index (χ3v) is 9.28. The fraction of sp³-hybridized carbons (Fsp3) is 0.727. The topological polar surface area (TPSA) is 183 Å². The van der Waals surface area contributed by atoms with E-state index in [1.165, 1.54) is 0 Å². The van der Waals surface area contributed by atoms with E-state index in [-0.39, 0.29) is 39.1 Å². The first-order chi connectivity index (χ1) is 23.9. The highest BCUT2D eigenvalue weighted by Gasteiger charge is 2.24. The minimum absolute atomic E-state index is 0.0304. The molecule has 16 nitrogen and oxygen atoms in total. The zero-order valence-electron chi connectivity index (χ0n) is 29.2. The molecule has 1 unspecified atom stereocenters. The number of hydrogen-bond acceptors (Lipinski definition) is 16. The Morgan fingerprint density at radius 2 is 1.20 bits per heavy atom. The molecule has 3 heterocycles. The average molecular weight is 690 g/mol. The van der Waals surface area contributed by atoms with Crippen LogP contribution in [0.3, 0.4) is 0 Å². The third kappa shape index (κ3) is 13.1. The molecule has 276 valence electrons. The monoisotopic (exact) mass is 689 g/mol. The van der Waals surface area contributed by atoms with Gasteiger partial charge in [0.1, 0.15) is 0 Å². The number of rotatable bonds is 16. The maximum atomic E-state index is 10.1. The molecule has 0 saturated carbocycles. The van der Waals surface area contributed by atoms with Gasteiger partial charge in [-0.05, 0) is 31.2 Å². The largest absolute Gasteiger partial charge is 0.395 e. The molecular weight excluding hydrogens is 630 g/mol. The van der Waals surface area contributed by atoms with Crippen molar-refractivity contribution in [3.8, 4) is 0 Å². The van der Waals surface area contributed by atoms with Crippen LogP contribution < -0.4 is 15.5 Å². The molecule has 0 bridgehead atoms. The summed E-state index contributed by atoms with van der Waals surface area (Å²) < 4.78 is 0. The minimum atomic E-state index is -0.0304. The van der Waals surface area contributed by atoms with Gasteiger partial charge in [-0.3, -0.25) is 19.6 Å². The Hall–Kier alpha value is -2.77. The van der Waals surface area contributed by atoms with Crippen molar-refractivity contribution in [3.63, 3.8) is 0 Å². The number of aliphatic hydroxyl groups is 5. The highest BCUT2D eigenvalue weighted by molar-refractivity contribution is 5.56. The molecule has 0 aliphatic carbocycles. The number of benzene rings is 1. The maximum Gasteiger partial charge on any atom is 0.233 e. The summed E-state index contributed by atoms with van der Waals surface area (Å²) in [5, 5.41) is 55.1. The molecule has 1 atom stereocenters. The van der Waals surface area contributed by atoms with Crippen LogP contribution in [-0.4, -0.2) is 216 Å². The zero-order chi connectivity index (χ0) is 34.8. The molecule has 2 aliphatic rings. The SMILES string of the molecule is CN1CCN(c2nc(NCCO)nc(Nc3ccc(CC4CN(CCO)CCN(CCO)CCN(CCO)CCN4CCO)cc3)n2)CC1. The predicted octanol–water partition coefficient (Wildman–Crippen LogP) is -2.13. The first-order valence-electron chi connectivity index (χ1n) is 17.7. The summed E-state index contributed by atoms with van der Waals surface area (Å²) in [6.45, 7) is 11.6. The summed E-state index contributed by atoms with van der Waals surface area (Å²) in [5.74, 6) is 1.43. The molecule has 2 fully saturated rings. The van der Waals surface area contributed by atoms with Crippen molar-refractivity contribution in [2.45, 2.75) is 12.5 Å². The fourth-order valence-corrected chi connectivity index (χ4v) is 6.38. The predicted molar refractivity (Wildman–Crippen MR) is 192 cm³/mol. The summed E-state index contributed by atoms with van der Waals surface area (Å²) in [5.41, 5.74) is 1.98. The van der Waals surface area contributed by atoms with Crippen molar-refractivity contribution in [1.29, 1.82) is 0 Å². The molecule has 49 heavy (non-hydrogen) atoms. The van der Waals surface area contributed by atoms with Gasteiger partial charge in [-0.2, -0.15) is 15.0 Å². The quantitative estimate of drug-likeness (QED) is 0.101. The van der Waals surface area contributed by atoms with Crippen LogP contribution in [0.15, 0.2) is 24.3 Å². The van der Waals surface area contributed by atoms with E-state index in [0.717, 1.165) is 89.7 Å². The molecule has 7 N–H and O–H groups in total. The van der Waals surface area contributed by atoms with E-state index in [1.807, 2.05) is 12.1 Å². The Morgan fingerprint density at radius 3 is 1.82 bits per heavy atom. The van der Waals surface area contributed by atoms with Gasteiger partial charge in [0.05, 0.1) is 33.0 Å². The van der Waals surface area contributed by atoms with Crippen LogP contribution in [-0.2, 0) is 6.42 Å². The van der Waals surface area contributed by atoms with Crippen LogP contribution in [0.5, 0.6) is 0 Å². The molecule has 1 aromatic heterocycles. The van der Waals surface area contributed by atoms with E-state index in [2.05, 4.69) is 69.2 Å². The van der Waals surface area contributed by atoms with Gasteiger partial charge in [0.2, 0.25) is 17.8 Å². The molecular formula is C33H59N11O5. The lowest BCUT2D eigenvalue weighted by Gasteiger charge is -2.38. The second-order valence-electron chi connectivity index (χ2n) is 12.8. The number of nitrogens with zero attached hydrogens (tertiary/aromatic N) is 9. The van der Waals surface area contributed by atoms with Crippen molar-refractivity contribution < 1.29 is 25.5 Å². The summed E-state index contributed by atoms with van der Waals surface area (Å²) in [4.78, 5) is 27.4. The highest BCUT2D eigenvalue weighted by Crippen LogP contribution is 2.21. The van der Waals surface area contributed by atoms with Crippen molar-refractivity contribution in [1.82, 2.24) is 39.5 Å². The summed E-state index contributed by atoms with van der Waals surface area (Å²) in [7, 11) is 2.10. The van der Waals surface area contributed by atoms with Crippen molar-refractivity contribution in [3.05, 3.63) is 29.8 Å². The zero-order valence-corrected chi connectivity index (χ0v) is 29.2. The van der Waals surface area contributed by atoms with Gasteiger partial charge in [0, 0.05) is 116 Å². The van der Waals surface area contributed by atoms with Crippen LogP contribution in [0.4, 0.5) is 23.5 Å². The van der Waals surface area contributed by atoms with Gasteiger partial charge in [-0.15, -0.1) is 0 Å². The smallest absolute Gasteiger partial charge is 0.233 e. The molecule has 4 rings (SSSR count). The van der Waals surface area contributed by atoms with Gasteiger partial charge in [-0.1, -0.05) is 12.1 Å². The van der Waals surface area contributed by atoms with Crippen molar-refractivity contribution in [2.24, 2.45) is 0 Å². The van der Waals surface area contributed by atoms with E-state index in [0.29, 0.717) is 50.6 Å². The van der Waals surface area contributed by atoms with E-state index in [9.17, 15) is 25.5 Å². The van der Waals surface area contributed by atoms with Crippen LogP contribution in [0.2, 0.25) is 0 Å². The van der Waals surface area contributed by atoms with Gasteiger partial charge in [-0.25, -0.2) is 0 Å². The van der Waals surface area contributed by atoms with E-state index >= 15 is 0 Å². The standard InChI is InChI=1S/C33H59N11O5/c1-39-7-14-44(15-8-39)33-37-31(34-6-21-45)36-32(38-33)35-29-4-2-28(3-5-29)26-30-27-42(19-24-48)12-11-40(17-22-46)9-10-41(18-23-47)13-16-43(30)20-25-49/h2-5,30,45-49H,6-27H2,1H3,(H2,34,35,36,37,38). The number of anilines is 4. The Balaban J connectivity index is 1.51. The van der Waals surface area contributed by atoms with Crippen LogP contribution in [0, 0.1) is 0 Å². The van der Waals surface area contributed by atoms with Crippen LogP contribution in [0.1, 0.15) is 5.56 Å². The Kier molecular flexibility index (Phi) is 17.1. The highest BCUT2D eigenvalue weighted by atomic mass is 16.3. The number of likely N-dealkylation sites (N-methyl/N-ethyl adjacent to an activating group) is 1. The van der Waals surface area contributed by atoms with Gasteiger partial charge < -0.3 is 46.0 Å². The van der Waals surface area contributed by atoms with Gasteiger partial charge in [0.25, 0.3) is 0 Å². The molecule has 2 saturated heterocycles.